The van der Waals surface area contributed by atoms with E-state index in [1.54, 1.807) is 10.7 Å². The van der Waals surface area contributed by atoms with Crippen LogP contribution in [0.15, 0.2) is 18.3 Å². The normalized spacial score (nSPS) is 14.5. The van der Waals surface area contributed by atoms with Crippen molar-refractivity contribution < 1.29 is 4.79 Å². The lowest BCUT2D eigenvalue weighted by Gasteiger charge is -2.16. The maximum absolute atomic E-state index is 12.6. The van der Waals surface area contributed by atoms with Crippen LogP contribution >= 0.6 is 11.3 Å². The number of hydrogen-bond donors (Lipinski definition) is 1. The molecule has 0 aromatic carbocycles. The van der Waals surface area contributed by atoms with Crippen molar-refractivity contribution in [1.82, 2.24) is 19.6 Å². The fourth-order valence-corrected chi connectivity index (χ4v) is 3.63. The molecule has 0 unspecified atom stereocenters. The number of amides is 1. The first-order chi connectivity index (χ1) is 11.6. The fraction of sp³-hybridized carbons (Fsp3) is 0.375. The largest absolute Gasteiger partial charge is 0.355 e. The zero-order valence-corrected chi connectivity index (χ0v) is 14.4. The third-order valence-corrected chi connectivity index (χ3v) is 5.25. The van der Waals surface area contributed by atoms with E-state index >= 15 is 0 Å². The van der Waals surface area contributed by atoms with Crippen molar-refractivity contribution >= 4 is 33.8 Å². The molecular weight excluding hydrogens is 324 g/mol. The number of anilines is 2. The van der Waals surface area contributed by atoms with Crippen LogP contribution in [0, 0.1) is 13.8 Å². The minimum atomic E-state index is -0.248. The Morgan fingerprint density at radius 1 is 1.25 bits per heavy atom. The zero-order chi connectivity index (χ0) is 16.7. The number of aryl methyl sites for hydroxylation is 2. The second-order valence-corrected chi connectivity index (χ2v) is 7.12. The number of nitrogens with zero attached hydrogens (tertiary/aromatic N) is 5. The molecule has 124 valence electrons. The van der Waals surface area contributed by atoms with E-state index in [4.69, 9.17) is 0 Å². The molecule has 8 heteroatoms. The molecule has 1 N–H and O–H groups in total. The van der Waals surface area contributed by atoms with Crippen LogP contribution < -0.4 is 10.2 Å². The second-order valence-electron chi connectivity index (χ2n) is 5.91. The van der Waals surface area contributed by atoms with Crippen molar-refractivity contribution in [1.29, 1.82) is 0 Å². The lowest BCUT2D eigenvalue weighted by atomic mass is 10.4. The number of nitrogens with one attached hydrogen (secondary N) is 1. The Morgan fingerprint density at radius 2 is 2.04 bits per heavy atom. The maximum Gasteiger partial charge on any atom is 0.277 e. The van der Waals surface area contributed by atoms with Crippen molar-refractivity contribution in [2.75, 3.05) is 23.3 Å². The van der Waals surface area contributed by atoms with Gasteiger partial charge in [0.15, 0.2) is 16.5 Å². The van der Waals surface area contributed by atoms with Gasteiger partial charge in [0.25, 0.3) is 5.91 Å². The van der Waals surface area contributed by atoms with Crippen LogP contribution in [-0.4, -0.2) is 38.6 Å². The Bertz CT molecular complexity index is 889. The van der Waals surface area contributed by atoms with Gasteiger partial charge in [-0.3, -0.25) is 10.1 Å². The molecule has 7 nitrogen and oxygen atoms in total. The quantitative estimate of drug-likeness (QED) is 0.792. The van der Waals surface area contributed by atoms with Crippen LogP contribution in [0.5, 0.6) is 0 Å². The first kappa shape index (κ1) is 15.1. The molecule has 1 fully saturated rings. The monoisotopic (exact) mass is 342 g/mol. The van der Waals surface area contributed by atoms with E-state index in [1.165, 1.54) is 24.2 Å². The number of rotatable bonds is 3. The highest BCUT2D eigenvalue weighted by Crippen LogP contribution is 2.22. The van der Waals surface area contributed by atoms with Crippen LogP contribution in [0.1, 0.15) is 33.9 Å². The average molecular weight is 342 g/mol. The van der Waals surface area contributed by atoms with Crippen LogP contribution in [0.25, 0.3) is 5.65 Å². The molecule has 1 aliphatic heterocycles. The van der Waals surface area contributed by atoms with E-state index in [9.17, 15) is 4.79 Å². The van der Waals surface area contributed by atoms with Gasteiger partial charge in [-0.15, -0.1) is 16.4 Å². The molecule has 24 heavy (non-hydrogen) atoms. The lowest BCUT2D eigenvalue weighted by Crippen LogP contribution is -2.21. The predicted octanol–water partition coefficient (Wildman–Crippen LogP) is 2.66. The van der Waals surface area contributed by atoms with Crippen molar-refractivity contribution in [2.24, 2.45) is 0 Å². The first-order valence-electron chi connectivity index (χ1n) is 7.97. The number of aromatic nitrogens is 4. The Morgan fingerprint density at radius 3 is 2.75 bits per heavy atom. The Kier molecular flexibility index (Phi) is 3.68. The summed E-state index contributed by atoms with van der Waals surface area (Å²) in [6.45, 7) is 5.93. The summed E-state index contributed by atoms with van der Waals surface area (Å²) in [7, 11) is 0. The molecule has 1 saturated heterocycles. The SMILES string of the molecule is Cc1nc(NC(=O)c2cnc3ccc(N4CCCC4)nn23)sc1C. The number of thiazole rings is 1. The first-order valence-corrected chi connectivity index (χ1v) is 8.78. The summed E-state index contributed by atoms with van der Waals surface area (Å²) in [6, 6.07) is 3.86. The van der Waals surface area contributed by atoms with E-state index in [0.29, 0.717) is 16.5 Å². The number of carbonyl (C=O) groups is 1. The Balaban J connectivity index is 1.65. The molecule has 1 aliphatic rings. The minimum Gasteiger partial charge on any atom is -0.355 e. The fourth-order valence-electron chi connectivity index (χ4n) is 2.82. The molecule has 0 aliphatic carbocycles. The third-order valence-electron chi connectivity index (χ3n) is 4.26. The van der Waals surface area contributed by atoms with Gasteiger partial charge in [-0.25, -0.2) is 14.5 Å². The standard InChI is InChI=1S/C16H18N6OS/c1-10-11(2)24-16(18-10)19-15(23)12-9-17-13-5-6-14(20-22(12)13)21-7-3-4-8-21/h5-6,9H,3-4,7-8H2,1-2H3,(H,18,19,23). The van der Waals surface area contributed by atoms with Gasteiger partial charge >= 0.3 is 0 Å². The highest BCUT2D eigenvalue weighted by molar-refractivity contribution is 7.15. The zero-order valence-electron chi connectivity index (χ0n) is 13.6. The highest BCUT2D eigenvalue weighted by atomic mass is 32.1. The van der Waals surface area contributed by atoms with Gasteiger partial charge in [0.2, 0.25) is 0 Å². The molecule has 3 aromatic heterocycles. The minimum absolute atomic E-state index is 0.248. The van der Waals surface area contributed by atoms with Gasteiger partial charge in [0.1, 0.15) is 5.82 Å². The average Bonchev–Trinajstić information content (AvgIpc) is 3.28. The van der Waals surface area contributed by atoms with Gasteiger partial charge in [-0.1, -0.05) is 0 Å². The van der Waals surface area contributed by atoms with Crippen molar-refractivity contribution in [2.45, 2.75) is 26.7 Å². The second kappa shape index (κ2) is 5.86. The van der Waals surface area contributed by atoms with Crippen LogP contribution in [0.4, 0.5) is 10.9 Å². The number of imidazole rings is 1. The molecule has 1 amide bonds. The van der Waals surface area contributed by atoms with E-state index in [-0.39, 0.29) is 5.91 Å². The molecule has 4 heterocycles. The Hall–Kier alpha value is -2.48. The lowest BCUT2D eigenvalue weighted by molar-refractivity contribution is 0.102. The van der Waals surface area contributed by atoms with Gasteiger partial charge in [-0.2, -0.15) is 0 Å². The van der Waals surface area contributed by atoms with E-state index in [1.807, 2.05) is 26.0 Å². The summed E-state index contributed by atoms with van der Waals surface area (Å²) in [5, 5.41) is 8.04. The summed E-state index contributed by atoms with van der Waals surface area (Å²) in [5.74, 6) is 0.635. The van der Waals surface area contributed by atoms with Gasteiger partial charge in [-0.05, 0) is 38.8 Å². The van der Waals surface area contributed by atoms with Crippen LogP contribution in [-0.2, 0) is 0 Å². The molecule has 0 saturated carbocycles. The number of carbonyl (C=O) groups excluding carboxylic acids is 1. The maximum atomic E-state index is 12.6. The molecule has 4 rings (SSSR count). The Labute approximate surface area is 143 Å². The van der Waals surface area contributed by atoms with Crippen LogP contribution in [0.3, 0.4) is 0 Å². The van der Waals surface area contributed by atoms with Crippen LogP contribution in [0.2, 0.25) is 0 Å². The summed E-state index contributed by atoms with van der Waals surface area (Å²) < 4.78 is 1.61. The molecular formula is C16H18N6OS. The summed E-state index contributed by atoms with van der Waals surface area (Å²) in [5.41, 5.74) is 2.01. The van der Waals surface area contributed by atoms with Gasteiger partial charge < -0.3 is 4.90 Å². The van der Waals surface area contributed by atoms with Gasteiger partial charge in [0.05, 0.1) is 11.9 Å². The van der Waals surface area contributed by atoms with Crippen molar-refractivity contribution in [3.05, 3.63) is 34.6 Å². The predicted molar refractivity (Wildman–Crippen MR) is 94.0 cm³/mol. The van der Waals surface area contributed by atoms with Crippen molar-refractivity contribution in [3.63, 3.8) is 0 Å². The molecule has 0 spiro atoms. The van der Waals surface area contributed by atoms with E-state index < -0.39 is 0 Å². The summed E-state index contributed by atoms with van der Waals surface area (Å²) in [6.07, 6.45) is 3.91. The third kappa shape index (κ3) is 2.62. The van der Waals surface area contributed by atoms with E-state index in [0.717, 1.165) is 29.5 Å². The smallest absolute Gasteiger partial charge is 0.277 e. The highest BCUT2D eigenvalue weighted by Gasteiger charge is 2.18. The molecule has 0 bridgehead atoms. The topological polar surface area (TPSA) is 75.4 Å². The molecule has 0 atom stereocenters. The summed E-state index contributed by atoms with van der Waals surface area (Å²) in [4.78, 5) is 24.5. The summed E-state index contributed by atoms with van der Waals surface area (Å²) >= 11 is 1.47. The van der Waals surface area contributed by atoms with E-state index in [2.05, 4.69) is 25.3 Å². The number of hydrogen-bond acceptors (Lipinski definition) is 6. The number of fused-ring (bicyclic) bond motifs is 1. The molecule has 0 radical (unpaired) electrons. The van der Waals surface area contributed by atoms with Gasteiger partial charge in [0, 0.05) is 18.0 Å². The van der Waals surface area contributed by atoms with Crippen molar-refractivity contribution in [3.8, 4) is 0 Å². The molecule has 3 aromatic rings.